The number of amides is 1. The van der Waals surface area contributed by atoms with E-state index in [4.69, 9.17) is 9.15 Å². The summed E-state index contributed by atoms with van der Waals surface area (Å²) < 4.78 is 12.8. The van der Waals surface area contributed by atoms with Gasteiger partial charge in [-0.3, -0.25) is 9.36 Å². The lowest BCUT2D eigenvalue weighted by atomic mass is 10.2. The molecular weight excluding hydrogens is 376 g/mol. The molecule has 0 aliphatic heterocycles. The SMILES string of the molecule is COc1cccc(-c2nnc(S[C@H](C)C(=O)NC3CC3)n2Cc2ccco2)c1. The van der Waals surface area contributed by atoms with Crippen LogP contribution in [0.5, 0.6) is 5.75 Å². The van der Waals surface area contributed by atoms with Crippen LogP contribution in [0.2, 0.25) is 0 Å². The van der Waals surface area contributed by atoms with Crippen molar-refractivity contribution in [3.63, 3.8) is 0 Å². The zero-order chi connectivity index (χ0) is 19.5. The number of hydrogen-bond acceptors (Lipinski definition) is 6. The summed E-state index contributed by atoms with van der Waals surface area (Å²) in [4.78, 5) is 12.4. The number of ether oxygens (including phenoxy) is 1. The average molecular weight is 398 g/mol. The van der Waals surface area contributed by atoms with E-state index in [2.05, 4.69) is 15.5 Å². The van der Waals surface area contributed by atoms with Gasteiger partial charge in [0, 0.05) is 11.6 Å². The summed E-state index contributed by atoms with van der Waals surface area (Å²) in [6, 6.07) is 11.8. The first-order chi connectivity index (χ1) is 13.6. The number of rotatable bonds is 8. The Morgan fingerprint density at radius 2 is 2.21 bits per heavy atom. The van der Waals surface area contributed by atoms with Crippen LogP contribution in [0.3, 0.4) is 0 Å². The summed E-state index contributed by atoms with van der Waals surface area (Å²) >= 11 is 1.40. The third kappa shape index (κ3) is 4.22. The second kappa shape index (κ2) is 8.10. The number of methoxy groups -OCH3 is 1. The average Bonchev–Trinajstić information content (AvgIpc) is 3.21. The molecule has 2 aromatic heterocycles. The van der Waals surface area contributed by atoms with Crippen molar-refractivity contribution in [2.75, 3.05) is 7.11 Å². The third-order valence-electron chi connectivity index (χ3n) is 4.51. The summed E-state index contributed by atoms with van der Waals surface area (Å²) in [5, 5.41) is 12.2. The highest BCUT2D eigenvalue weighted by Gasteiger charge is 2.27. The van der Waals surface area contributed by atoms with Crippen molar-refractivity contribution in [2.45, 2.75) is 42.8 Å². The number of furan rings is 1. The molecule has 1 aliphatic carbocycles. The molecule has 1 fully saturated rings. The molecule has 28 heavy (non-hydrogen) atoms. The molecule has 1 N–H and O–H groups in total. The van der Waals surface area contributed by atoms with Crippen LogP contribution < -0.4 is 10.1 Å². The number of nitrogens with one attached hydrogen (secondary N) is 1. The van der Waals surface area contributed by atoms with Crippen LogP contribution in [0.15, 0.2) is 52.2 Å². The van der Waals surface area contributed by atoms with Gasteiger partial charge in [0.15, 0.2) is 11.0 Å². The number of aromatic nitrogens is 3. The van der Waals surface area contributed by atoms with Gasteiger partial charge in [0.05, 0.1) is 25.2 Å². The lowest BCUT2D eigenvalue weighted by molar-refractivity contribution is -0.120. The molecule has 4 rings (SSSR count). The van der Waals surface area contributed by atoms with Crippen LogP contribution in [-0.2, 0) is 11.3 Å². The van der Waals surface area contributed by atoms with Gasteiger partial charge in [0.25, 0.3) is 0 Å². The smallest absolute Gasteiger partial charge is 0.233 e. The summed E-state index contributed by atoms with van der Waals surface area (Å²) in [6.45, 7) is 2.37. The van der Waals surface area contributed by atoms with Crippen molar-refractivity contribution in [3.8, 4) is 17.1 Å². The molecule has 1 aliphatic rings. The Morgan fingerprint density at radius 3 is 2.93 bits per heavy atom. The van der Waals surface area contributed by atoms with E-state index in [1.165, 1.54) is 11.8 Å². The molecule has 8 heteroatoms. The molecule has 1 aromatic carbocycles. The number of carbonyl (C=O) groups is 1. The molecule has 7 nitrogen and oxygen atoms in total. The molecule has 0 spiro atoms. The second-order valence-corrected chi connectivity index (χ2v) is 8.05. The van der Waals surface area contributed by atoms with Crippen molar-refractivity contribution < 1.29 is 13.9 Å². The zero-order valence-corrected chi connectivity index (χ0v) is 16.6. The lowest BCUT2D eigenvalue weighted by Gasteiger charge is -2.13. The highest BCUT2D eigenvalue weighted by atomic mass is 32.2. The van der Waals surface area contributed by atoms with E-state index in [0.717, 1.165) is 29.9 Å². The maximum atomic E-state index is 12.4. The Labute approximate surface area is 167 Å². The molecule has 2 heterocycles. The van der Waals surface area contributed by atoms with E-state index in [-0.39, 0.29) is 11.2 Å². The minimum absolute atomic E-state index is 0.0305. The highest BCUT2D eigenvalue weighted by molar-refractivity contribution is 8.00. The number of carbonyl (C=O) groups excluding carboxylic acids is 1. The maximum absolute atomic E-state index is 12.4. The van der Waals surface area contributed by atoms with Gasteiger partial charge in [0.2, 0.25) is 5.91 Å². The van der Waals surface area contributed by atoms with Crippen LogP contribution in [0.1, 0.15) is 25.5 Å². The Kier molecular flexibility index (Phi) is 5.38. The minimum Gasteiger partial charge on any atom is -0.497 e. The van der Waals surface area contributed by atoms with E-state index in [1.54, 1.807) is 13.4 Å². The lowest BCUT2D eigenvalue weighted by Crippen LogP contribution is -2.32. The van der Waals surface area contributed by atoms with Crippen LogP contribution in [0, 0.1) is 0 Å². The summed E-state index contributed by atoms with van der Waals surface area (Å²) in [7, 11) is 1.63. The normalized spacial score (nSPS) is 14.6. The van der Waals surface area contributed by atoms with Crippen LogP contribution in [0.25, 0.3) is 11.4 Å². The van der Waals surface area contributed by atoms with Crippen LogP contribution >= 0.6 is 11.8 Å². The van der Waals surface area contributed by atoms with Gasteiger partial charge in [-0.05, 0) is 44.0 Å². The van der Waals surface area contributed by atoms with Crippen LogP contribution in [0.4, 0.5) is 0 Å². The topological polar surface area (TPSA) is 82.2 Å². The van der Waals surface area contributed by atoms with Gasteiger partial charge in [-0.2, -0.15) is 0 Å². The van der Waals surface area contributed by atoms with Gasteiger partial charge >= 0.3 is 0 Å². The summed E-state index contributed by atoms with van der Waals surface area (Å²) in [5.41, 5.74) is 0.889. The first-order valence-electron chi connectivity index (χ1n) is 9.21. The predicted molar refractivity (Wildman–Crippen MR) is 106 cm³/mol. The number of hydrogen-bond donors (Lipinski definition) is 1. The largest absolute Gasteiger partial charge is 0.497 e. The van der Waals surface area contributed by atoms with Gasteiger partial charge in [0.1, 0.15) is 11.5 Å². The zero-order valence-electron chi connectivity index (χ0n) is 15.8. The Hall–Kier alpha value is -2.74. The number of benzene rings is 1. The second-order valence-electron chi connectivity index (χ2n) is 6.75. The maximum Gasteiger partial charge on any atom is 0.233 e. The van der Waals surface area contributed by atoms with Crippen molar-refractivity contribution in [1.82, 2.24) is 20.1 Å². The first-order valence-corrected chi connectivity index (χ1v) is 10.1. The third-order valence-corrected chi connectivity index (χ3v) is 5.59. The predicted octanol–water partition coefficient (Wildman–Crippen LogP) is 3.35. The molecule has 1 saturated carbocycles. The van der Waals surface area contributed by atoms with Gasteiger partial charge in [-0.25, -0.2) is 0 Å². The van der Waals surface area contributed by atoms with Crippen LogP contribution in [-0.4, -0.2) is 39.1 Å². The van der Waals surface area contributed by atoms with E-state index >= 15 is 0 Å². The minimum atomic E-state index is -0.265. The Balaban J connectivity index is 1.63. The highest BCUT2D eigenvalue weighted by Crippen LogP contribution is 2.30. The van der Waals surface area contributed by atoms with Crippen molar-refractivity contribution in [2.24, 2.45) is 0 Å². The Bertz CT molecular complexity index is 950. The van der Waals surface area contributed by atoms with E-state index in [0.29, 0.717) is 23.6 Å². The molecule has 0 saturated heterocycles. The fourth-order valence-corrected chi connectivity index (χ4v) is 3.67. The fraction of sp³-hybridized carbons (Fsp3) is 0.350. The standard InChI is InChI=1S/C20H22N4O3S/c1-13(19(25)21-15-8-9-15)28-20-23-22-18(14-5-3-6-16(11-14)26-2)24(20)12-17-7-4-10-27-17/h3-7,10-11,13,15H,8-9,12H2,1-2H3,(H,21,25)/t13-/m1/s1. The molecule has 146 valence electrons. The first kappa shape index (κ1) is 18.6. The van der Waals surface area contributed by atoms with E-state index in [9.17, 15) is 4.79 Å². The van der Waals surface area contributed by atoms with Gasteiger partial charge < -0.3 is 14.5 Å². The number of nitrogens with zero attached hydrogens (tertiary/aromatic N) is 3. The molecular formula is C20H22N4O3S. The van der Waals surface area contributed by atoms with Crippen molar-refractivity contribution in [3.05, 3.63) is 48.4 Å². The van der Waals surface area contributed by atoms with Crippen molar-refractivity contribution >= 4 is 17.7 Å². The molecule has 0 radical (unpaired) electrons. The van der Waals surface area contributed by atoms with E-state index in [1.807, 2.05) is 47.9 Å². The molecule has 1 amide bonds. The fourth-order valence-electron chi connectivity index (χ4n) is 2.81. The number of thioether (sulfide) groups is 1. The molecule has 0 unspecified atom stereocenters. The Morgan fingerprint density at radius 1 is 1.36 bits per heavy atom. The molecule has 0 bridgehead atoms. The quantitative estimate of drug-likeness (QED) is 0.586. The van der Waals surface area contributed by atoms with Gasteiger partial charge in [-0.1, -0.05) is 23.9 Å². The van der Waals surface area contributed by atoms with E-state index < -0.39 is 0 Å². The summed E-state index contributed by atoms with van der Waals surface area (Å²) in [5.74, 6) is 2.27. The summed E-state index contributed by atoms with van der Waals surface area (Å²) in [6.07, 6.45) is 3.78. The molecule has 3 aromatic rings. The monoisotopic (exact) mass is 398 g/mol. The van der Waals surface area contributed by atoms with Gasteiger partial charge in [-0.15, -0.1) is 10.2 Å². The molecule has 1 atom stereocenters. The van der Waals surface area contributed by atoms with Crippen molar-refractivity contribution in [1.29, 1.82) is 0 Å².